The van der Waals surface area contributed by atoms with Crippen LogP contribution in [0.15, 0.2) is 97.2 Å². The number of phosphoric ester groups is 1. The number of phosphoric acid groups is 1. The molecule has 0 aromatic heterocycles. The molecule has 3 atom stereocenters. The van der Waals surface area contributed by atoms with Gasteiger partial charge in [-0.3, -0.25) is 9.36 Å². The zero-order valence-electron chi connectivity index (χ0n) is 55.1. The van der Waals surface area contributed by atoms with Crippen molar-refractivity contribution in [3.05, 3.63) is 97.2 Å². The lowest BCUT2D eigenvalue weighted by Gasteiger charge is -2.29. The smallest absolute Gasteiger partial charge is 0.268 e. The lowest BCUT2D eigenvalue weighted by molar-refractivity contribution is -0.870. The quantitative estimate of drug-likeness (QED) is 0.0272. The molecule has 2 N–H and O–H groups in total. The number of hydrogen-bond donors (Lipinski definition) is 2. The number of rotatable bonds is 64. The van der Waals surface area contributed by atoms with E-state index >= 15 is 0 Å². The Hall–Kier alpha value is -2.58. The molecule has 0 rings (SSSR count). The topological polar surface area (TPSA) is 108 Å². The molecule has 0 radical (unpaired) electrons. The Balaban J connectivity index is 4.07. The van der Waals surface area contributed by atoms with E-state index in [2.05, 4.69) is 104 Å². The highest BCUT2D eigenvalue weighted by molar-refractivity contribution is 7.45. The number of nitrogens with zero attached hydrogens (tertiary/aromatic N) is 1. The van der Waals surface area contributed by atoms with Gasteiger partial charge < -0.3 is 28.8 Å². The maximum absolute atomic E-state index is 13.0. The van der Waals surface area contributed by atoms with E-state index in [0.29, 0.717) is 17.4 Å². The Bertz CT molecular complexity index is 1670. The van der Waals surface area contributed by atoms with Crippen LogP contribution in [0.4, 0.5) is 0 Å². The highest BCUT2D eigenvalue weighted by Crippen LogP contribution is 2.38. The molecule has 0 saturated carbocycles. The summed E-state index contributed by atoms with van der Waals surface area (Å²) in [4.78, 5) is 25.6. The summed E-state index contributed by atoms with van der Waals surface area (Å²) in [6, 6.07) is -0.908. The van der Waals surface area contributed by atoms with E-state index in [1.165, 1.54) is 218 Å². The number of quaternary nitrogens is 1. The number of allylic oxidation sites excluding steroid dienone is 15. The molecule has 0 saturated heterocycles. The molecule has 0 aromatic rings. The van der Waals surface area contributed by atoms with Crippen LogP contribution in [0.2, 0.25) is 0 Å². The SMILES string of the molecule is CC/C=C\C/C=C\C/C=C\C/C=C\C/C=C\C/C=C\CCCCCCCCCCCCCCCCCCCCC(=O)NC(COP(=O)([O-])OCC[N+](C)(C)C)C(O)/C=C/CC/C=C/CCCCCCCCCCCCCCCCCCCC. The molecule has 0 heterocycles. The number of hydrogen-bond acceptors (Lipinski definition) is 6. The van der Waals surface area contributed by atoms with Crippen molar-refractivity contribution in [1.29, 1.82) is 0 Å². The average Bonchev–Trinajstić information content (AvgIpc) is 3.50. The van der Waals surface area contributed by atoms with Gasteiger partial charge in [0.15, 0.2) is 0 Å². The molecule has 1 amide bonds. The molecular formula is C74H135N2O6P. The van der Waals surface area contributed by atoms with Crippen molar-refractivity contribution in [3.8, 4) is 0 Å². The number of likely N-dealkylation sites (N-methyl/N-ethyl adjacent to an activating group) is 1. The molecular weight excluding hydrogens is 1040 g/mol. The van der Waals surface area contributed by atoms with E-state index in [1.54, 1.807) is 6.08 Å². The molecule has 9 heteroatoms. The van der Waals surface area contributed by atoms with Gasteiger partial charge in [0.05, 0.1) is 39.9 Å². The second-order valence-electron chi connectivity index (χ2n) is 24.8. The van der Waals surface area contributed by atoms with Crippen molar-refractivity contribution in [2.75, 3.05) is 40.9 Å². The zero-order chi connectivity index (χ0) is 60.5. The molecule has 0 aliphatic rings. The summed E-state index contributed by atoms with van der Waals surface area (Å²) in [5.74, 6) is -0.205. The van der Waals surface area contributed by atoms with Gasteiger partial charge in [-0.05, 0) is 83.5 Å². The predicted octanol–water partition coefficient (Wildman–Crippen LogP) is 21.9. The van der Waals surface area contributed by atoms with E-state index in [9.17, 15) is 19.4 Å². The first-order chi connectivity index (χ1) is 40.5. The summed E-state index contributed by atoms with van der Waals surface area (Å²) in [7, 11) is 1.25. The monoisotopic (exact) mass is 1180 g/mol. The average molecular weight is 1180 g/mol. The van der Waals surface area contributed by atoms with Crippen LogP contribution >= 0.6 is 7.82 Å². The van der Waals surface area contributed by atoms with Crippen LogP contribution in [0.3, 0.4) is 0 Å². The van der Waals surface area contributed by atoms with Gasteiger partial charge in [-0.15, -0.1) is 0 Å². The third-order valence-electron chi connectivity index (χ3n) is 15.5. The number of amides is 1. The Labute approximate surface area is 515 Å². The summed E-state index contributed by atoms with van der Waals surface area (Å²) < 4.78 is 23.4. The van der Waals surface area contributed by atoms with Crippen molar-refractivity contribution < 1.29 is 32.9 Å². The summed E-state index contributed by atoms with van der Waals surface area (Å²) in [6.45, 7) is 4.55. The highest BCUT2D eigenvalue weighted by atomic mass is 31.2. The molecule has 0 bridgehead atoms. The molecule has 8 nitrogen and oxygen atoms in total. The van der Waals surface area contributed by atoms with Gasteiger partial charge in [0.2, 0.25) is 5.91 Å². The highest BCUT2D eigenvalue weighted by Gasteiger charge is 2.23. The Morgan fingerprint density at radius 3 is 1.12 bits per heavy atom. The van der Waals surface area contributed by atoms with Gasteiger partial charge >= 0.3 is 0 Å². The summed E-state index contributed by atoms with van der Waals surface area (Å²) in [6.07, 6.45) is 92.5. The van der Waals surface area contributed by atoms with Crippen LogP contribution in [-0.2, 0) is 18.4 Å². The molecule has 83 heavy (non-hydrogen) atoms. The van der Waals surface area contributed by atoms with Gasteiger partial charge in [-0.25, -0.2) is 0 Å². The largest absolute Gasteiger partial charge is 0.756 e. The van der Waals surface area contributed by atoms with E-state index < -0.39 is 26.6 Å². The third-order valence-corrected chi connectivity index (χ3v) is 16.5. The third kappa shape index (κ3) is 66.8. The van der Waals surface area contributed by atoms with Crippen molar-refractivity contribution >= 4 is 13.7 Å². The first kappa shape index (κ1) is 80.4. The molecule has 482 valence electrons. The number of aliphatic hydroxyl groups is 1. The first-order valence-corrected chi connectivity index (χ1v) is 36.6. The standard InChI is InChI=1S/C74H135N2O6P/c1-6-8-10-12-14-16-18-20-22-24-26-28-30-32-33-34-35-36-37-38-39-40-41-42-43-44-46-48-50-52-54-56-58-60-62-64-66-68-74(78)75-72(71-82-83(79,80)81-70-69-76(3,4)5)73(77)67-65-63-61-59-57-55-53-51-49-47-45-31-29-27-25-23-21-19-17-15-13-11-9-7-2/h8,10,14,16,20,22,26,28,32-33,35-36,57,59,65,67,72-73,77H,6-7,9,11-13,15,17-19,21,23-25,27,29-31,34,37-56,58,60-64,66,68-71H2,1-5H3,(H-,75,78,79,80)/b10-8-,16-14-,22-20-,28-26-,33-32-,36-35-,59-57+,67-65+. The van der Waals surface area contributed by atoms with Crippen molar-refractivity contribution in [2.45, 2.75) is 328 Å². The van der Waals surface area contributed by atoms with E-state index in [1.807, 2.05) is 27.2 Å². The van der Waals surface area contributed by atoms with E-state index in [4.69, 9.17) is 9.05 Å². The lowest BCUT2D eigenvalue weighted by atomic mass is 10.0. The van der Waals surface area contributed by atoms with Crippen LogP contribution < -0.4 is 10.2 Å². The number of carbonyl (C=O) groups excluding carboxylic acids is 1. The normalized spacial score (nSPS) is 14.3. The molecule has 0 aromatic carbocycles. The minimum atomic E-state index is -4.61. The molecule has 0 spiro atoms. The Kier molecular flexibility index (Phi) is 61.9. The van der Waals surface area contributed by atoms with Crippen LogP contribution in [0.25, 0.3) is 0 Å². The number of nitrogens with one attached hydrogen (secondary N) is 1. The minimum Gasteiger partial charge on any atom is -0.756 e. The van der Waals surface area contributed by atoms with Gasteiger partial charge in [0.1, 0.15) is 13.2 Å². The van der Waals surface area contributed by atoms with Gasteiger partial charge in [-0.2, -0.15) is 0 Å². The zero-order valence-corrected chi connectivity index (χ0v) is 56.0. The van der Waals surface area contributed by atoms with Gasteiger partial charge in [-0.1, -0.05) is 323 Å². The number of carbonyl (C=O) groups is 1. The molecule has 3 unspecified atom stereocenters. The van der Waals surface area contributed by atoms with E-state index in [-0.39, 0.29) is 12.5 Å². The predicted molar refractivity (Wildman–Crippen MR) is 362 cm³/mol. The van der Waals surface area contributed by atoms with Crippen molar-refractivity contribution in [2.24, 2.45) is 0 Å². The Morgan fingerprint density at radius 2 is 0.747 bits per heavy atom. The maximum Gasteiger partial charge on any atom is 0.268 e. The van der Waals surface area contributed by atoms with Crippen LogP contribution in [-0.4, -0.2) is 68.5 Å². The second-order valence-corrected chi connectivity index (χ2v) is 26.3. The fraction of sp³-hybridized carbons (Fsp3) is 0.770. The minimum absolute atomic E-state index is 0.00804. The van der Waals surface area contributed by atoms with Crippen molar-refractivity contribution in [1.82, 2.24) is 5.32 Å². The second kappa shape index (κ2) is 63.9. The van der Waals surface area contributed by atoms with Crippen molar-refractivity contribution in [3.63, 3.8) is 0 Å². The summed E-state index contributed by atoms with van der Waals surface area (Å²) in [5, 5.41) is 13.9. The molecule has 0 aliphatic carbocycles. The summed E-state index contributed by atoms with van der Waals surface area (Å²) in [5.41, 5.74) is 0. The van der Waals surface area contributed by atoms with E-state index in [0.717, 1.165) is 77.0 Å². The van der Waals surface area contributed by atoms with Crippen LogP contribution in [0, 0.1) is 0 Å². The fourth-order valence-electron chi connectivity index (χ4n) is 10.1. The Morgan fingerprint density at radius 1 is 0.434 bits per heavy atom. The number of unbranched alkanes of at least 4 members (excludes halogenated alkanes) is 37. The van der Waals surface area contributed by atoms with Gasteiger partial charge in [0, 0.05) is 6.42 Å². The van der Waals surface area contributed by atoms with Crippen LogP contribution in [0.1, 0.15) is 316 Å². The van der Waals surface area contributed by atoms with Crippen LogP contribution in [0.5, 0.6) is 0 Å². The molecule has 0 aliphatic heterocycles. The maximum atomic E-state index is 13.0. The van der Waals surface area contributed by atoms with Gasteiger partial charge in [0.25, 0.3) is 7.82 Å². The lowest BCUT2D eigenvalue weighted by Crippen LogP contribution is -2.45. The molecule has 0 fully saturated rings. The first-order valence-electron chi connectivity index (χ1n) is 35.1. The fourth-order valence-corrected chi connectivity index (χ4v) is 10.8. The number of aliphatic hydroxyl groups excluding tert-OH is 1. The summed E-state index contributed by atoms with van der Waals surface area (Å²) >= 11 is 0.